The van der Waals surface area contributed by atoms with Gasteiger partial charge in [-0.05, 0) is 37.9 Å². The number of nitrogens with one attached hydrogen (secondary N) is 1. The molecule has 2 nitrogen and oxygen atoms in total. The standard InChI is InChI=1S/C15H22F3NO/c1-2-19-13(7-6-11-15(16,17)18)10-12-20-14-8-4-3-5-9-14/h3-5,8-9,13,19H,2,6-7,10-12H2,1H3. The first-order valence-corrected chi connectivity index (χ1v) is 6.99. The van der Waals surface area contributed by atoms with E-state index in [0.717, 1.165) is 12.3 Å². The fraction of sp³-hybridized carbons (Fsp3) is 0.600. The van der Waals surface area contributed by atoms with E-state index < -0.39 is 12.6 Å². The zero-order valence-corrected chi connectivity index (χ0v) is 11.7. The van der Waals surface area contributed by atoms with Crippen LogP contribution in [0.5, 0.6) is 5.75 Å². The summed E-state index contributed by atoms with van der Waals surface area (Å²) in [7, 11) is 0. The molecule has 1 aromatic carbocycles. The largest absolute Gasteiger partial charge is 0.494 e. The second-order valence-corrected chi connectivity index (χ2v) is 4.71. The molecule has 114 valence electrons. The van der Waals surface area contributed by atoms with Gasteiger partial charge in [-0.1, -0.05) is 25.1 Å². The lowest BCUT2D eigenvalue weighted by molar-refractivity contribution is -0.135. The molecule has 1 unspecified atom stereocenters. The lowest BCUT2D eigenvalue weighted by Crippen LogP contribution is -2.30. The topological polar surface area (TPSA) is 21.3 Å². The normalized spacial score (nSPS) is 13.2. The molecule has 20 heavy (non-hydrogen) atoms. The van der Waals surface area contributed by atoms with Crippen molar-refractivity contribution >= 4 is 0 Å². The lowest BCUT2D eigenvalue weighted by atomic mass is 10.1. The third kappa shape index (κ3) is 8.04. The molecular formula is C15H22F3NO. The molecule has 0 spiro atoms. The molecule has 0 aliphatic carbocycles. The first kappa shape index (κ1) is 16.8. The third-order valence-electron chi connectivity index (χ3n) is 2.98. The van der Waals surface area contributed by atoms with E-state index in [9.17, 15) is 13.2 Å². The summed E-state index contributed by atoms with van der Waals surface area (Å²) in [6.45, 7) is 3.21. The van der Waals surface area contributed by atoms with Crippen molar-refractivity contribution < 1.29 is 17.9 Å². The number of alkyl halides is 3. The summed E-state index contributed by atoms with van der Waals surface area (Å²) >= 11 is 0. The first-order valence-electron chi connectivity index (χ1n) is 6.99. The summed E-state index contributed by atoms with van der Waals surface area (Å²) in [4.78, 5) is 0. The highest BCUT2D eigenvalue weighted by molar-refractivity contribution is 5.20. The number of hydrogen-bond acceptors (Lipinski definition) is 2. The van der Waals surface area contributed by atoms with Gasteiger partial charge in [0.15, 0.2) is 0 Å². The Kier molecular flexibility index (Phi) is 7.44. The highest BCUT2D eigenvalue weighted by atomic mass is 19.4. The van der Waals surface area contributed by atoms with Gasteiger partial charge >= 0.3 is 6.18 Å². The molecule has 1 aromatic rings. The molecule has 5 heteroatoms. The fourth-order valence-electron chi connectivity index (χ4n) is 2.02. The molecule has 0 saturated heterocycles. The zero-order chi connectivity index (χ0) is 14.8. The molecule has 1 N–H and O–H groups in total. The number of halogens is 3. The van der Waals surface area contributed by atoms with Gasteiger partial charge in [0.1, 0.15) is 5.75 Å². The number of benzene rings is 1. The van der Waals surface area contributed by atoms with Crippen LogP contribution in [0.25, 0.3) is 0 Å². The molecule has 0 aromatic heterocycles. The van der Waals surface area contributed by atoms with Gasteiger partial charge < -0.3 is 10.1 Å². The average Bonchev–Trinajstić information content (AvgIpc) is 2.38. The minimum atomic E-state index is -4.06. The maximum Gasteiger partial charge on any atom is 0.389 e. The highest BCUT2D eigenvalue weighted by Gasteiger charge is 2.26. The Morgan fingerprint density at radius 2 is 1.85 bits per heavy atom. The van der Waals surface area contributed by atoms with Gasteiger partial charge in [0.05, 0.1) is 6.61 Å². The van der Waals surface area contributed by atoms with Crippen LogP contribution in [0.2, 0.25) is 0 Å². The summed E-state index contributed by atoms with van der Waals surface area (Å²) in [5.41, 5.74) is 0. The lowest BCUT2D eigenvalue weighted by Gasteiger charge is -2.18. The van der Waals surface area contributed by atoms with E-state index in [0.29, 0.717) is 19.4 Å². The summed E-state index contributed by atoms with van der Waals surface area (Å²) in [5, 5.41) is 3.21. The van der Waals surface area contributed by atoms with Gasteiger partial charge in [-0.25, -0.2) is 0 Å². The van der Waals surface area contributed by atoms with E-state index in [-0.39, 0.29) is 12.5 Å². The van der Waals surface area contributed by atoms with Crippen LogP contribution in [-0.4, -0.2) is 25.4 Å². The molecule has 0 aliphatic heterocycles. The maximum absolute atomic E-state index is 12.1. The molecule has 1 rings (SSSR count). The van der Waals surface area contributed by atoms with Crippen LogP contribution in [0.4, 0.5) is 13.2 Å². The molecule has 0 radical (unpaired) electrons. The maximum atomic E-state index is 12.1. The molecule has 0 amide bonds. The molecule has 0 bridgehead atoms. The predicted molar refractivity (Wildman–Crippen MR) is 73.9 cm³/mol. The Bertz CT molecular complexity index is 354. The minimum absolute atomic E-state index is 0.0751. The van der Waals surface area contributed by atoms with E-state index in [4.69, 9.17) is 4.74 Å². The van der Waals surface area contributed by atoms with E-state index in [1.807, 2.05) is 37.3 Å². The van der Waals surface area contributed by atoms with Crippen molar-refractivity contribution in [3.8, 4) is 5.75 Å². The van der Waals surface area contributed by atoms with E-state index in [1.165, 1.54) is 0 Å². The van der Waals surface area contributed by atoms with Crippen LogP contribution < -0.4 is 10.1 Å². The average molecular weight is 289 g/mol. The highest BCUT2D eigenvalue weighted by Crippen LogP contribution is 2.23. The fourth-order valence-corrected chi connectivity index (χ4v) is 2.02. The second-order valence-electron chi connectivity index (χ2n) is 4.71. The van der Waals surface area contributed by atoms with Crippen molar-refractivity contribution in [1.82, 2.24) is 5.32 Å². The number of rotatable bonds is 9. The quantitative estimate of drug-likeness (QED) is 0.737. The number of para-hydroxylation sites is 1. The van der Waals surface area contributed by atoms with Crippen LogP contribution >= 0.6 is 0 Å². The summed E-state index contributed by atoms with van der Waals surface area (Å²) in [6.07, 6.45) is -3.38. The van der Waals surface area contributed by atoms with Gasteiger partial charge in [0, 0.05) is 12.5 Å². The Hall–Kier alpha value is -1.23. The van der Waals surface area contributed by atoms with Crippen LogP contribution in [0.3, 0.4) is 0 Å². The van der Waals surface area contributed by atoms with Crippen LogP contribution in [-0.2, 0) is 0 Å². The van der Waals surface area contributed by atoms with Gasteiger partial charge in [-0.15, -0.1) is 0 Å². The van der Waals surface area contributed by atoms with Gasteiger partial charge in [-0.3, -0.25) is 0 Å². The molecular weight excluding hydrogens is 267 g/mol. The van der Waals surface area contributed by atoms with Gasteiger partial charge in [-0.2, -0.15) is 13.2 Å². The van der Waals surface area contributed by atoms with Crippen molar-refractivity contribution in [1.29, 1.82) is 0 Å². The van der Waals surface area contributed by atoms with Crippen LogP contribution in [0.15, 0.2) is 30.3 Å². The van der Waals surface area contributed by atoms with Crippen LogP contribution in [0.1, 0.15) is 32.6 Å². The Balaban J connectivity index is 2.24. The molecule has 1 atom stereocenters. The van der Waals surface area contributed by atoms with E-state index in [2.05, 4.69) is 5.32 Å². The first-order chi connectivity index (χ1) is 9.51. The third-order valence-corrected chi connectivity index (χ3v) is 2.98. The summed E-state index contributed by atoms with van der Waals surface area (Å²) in [5.74, 6) is 0.790. The van der Waals surface area contributed by atoms with Crippen molar-refractivity contribution in [2.24, 2.45) is 0 Å². The molecule has 0 saturated carbocycles. The number of hydrogen-bond donors (Lipinski definition) is 1. The monoisotopic (exact) mass is 289 g/mol. The molecule has 0 heterocycles. The van der Waals surface area contributed by atoms with E-state index in [1.54, 1.807) is 0 Å². The zero-order valence-electron chi connectivity index (χ0n) is 11.7. The molecule has 0 fully saturated rings. The predicted octanol–water partition coefficient (Wildman–Crippen LogP) is 4.17. The summed E-state index contributed by atoms with van der Waals surface area (Å²) in [6, 6.07) is 9.50. The van der Waals surface area contributed by atoms with Crippen molar-refractivity contribution in [3.05, 3.63) is 30.3 Å². The van der Waals surface area contributed by atoms with Gasteiger partial charge in [0.2, 0.25) is 0 Å². The Morgan fingerprint density at radius 3 is 2.45 bits per heavy atom. The van der Waals surface area contributed by atoms with Crippen molar-refractivity contribution in [2.75, 3.05) is 13.2 Å². The van der Waals surface area contributed by atoms with Crippen LogP contribution in [0, 0.1) is 0 Å². The number of ether oxygens (including phenoxy) is 1. The van der Waals surface area contributed by atoms with Crippen molar-refractivity contribution in [2.45, 2.75) is 44.8 Å². The summed E-state index contributed by atoms with van der Waals surface area (Å²) < 4.78 is 41.9. The Labute approximate surface area is 118 Å². The van der Waals surface area contributed by atoms with E-state index >= 15 is 0 Å². The SMILES string of the molecule is CCNC(CCCC(F)(F)F)CCOc1ccccc1. The van der Waals surface area contributed by atoms with Crippen molar-refractivity contribution in [3.63, 3.8) is 0 Å². The second kappa shape index (κ2) is 8.84. The molecule has 0 aliphatic rings. The Morgan fingerprint density at radius 1 is 1.15 bits per heavy atom. The smallest absolute Gasteiger partial charge is 0.389 e. The minimum Gasteiger partial charge on any atom is -0.494 e. The van der Waals surface area contributed by atoms with Gasteiger partial charge in [0.25, 0.3) is 0 Å².